The number of hydrogen-bond acceptors (Lipinski definition) is 6. The lowest BCUT2D eigenvalue weighted by molar-refractivity contribution is -0.385. The third-order valence-electron chi connectivity index (χ3n) is 1.94. The highest BCUT2D eigenvalue weighted by atomic mass is 79.9. The van der Waals surface area contributed by atoms with Crippen LogP contribution in [0.2, 0.25) is 10.4 Å². The SMILES string of the molecule is O=[N+]([O-])c1cccc(Oc2nc(Cl)nnc2Cl)c1Br. The Kier molecular flexibility index (Phi) is 4.13. The number of aromatic nitrogens is 3. The van der Waals surface area contributed by atoms with Crippen LogP contribution in [0.5, 0.6) is 11.6 Å². The van der Waals surface area contributed by atoms with Crippen molar-refractivity contribution in [1.29, 1.82) is 0 Å². The predicted octanol–water partition coefficient (Wildman–Crippen LogP) is 3.64. The minimum Gasteiger partial charge on any atom is -0.435 e. The Hall–Kier alpha value is -1.51. The summed E-state index contributed by atoms with van der Waals surface area (Å²) in [6.07, 6.45) is 0. The van der Waals surface area contributed by atoms with Crippen molar-refractivity contribution < 1.29 is 9.66 Å². The molecule has 19 heavy (non-hydrogen) atoms. The number of halogens is 3. The molecule has 1 aromatic carbocycles. The van der Waals surface area contributed by atoms with Gasteiger partial charge in [-0.25, -0.2) is 0 Å². The Balaban J connectivity index is 2.41. The first-order valence-electron chi connectivity index (χ1n) is 4.65. The van der Waals surface area contributed by atoms with Gasteiger partial charge in [-0.15, -0.1) is 10.2 Å². The molecule has 2 rings (SSSR count). The van der Waals surface area contributed by atoms with Crippen LogP contribution in [-0.2, 0) is 0 Å². The highest BCUT2D eigenvalue weighted by Gasteiger charge is 2.18. The fraction of sp³-hybridized carbons (Fsp3) is 0. The Morgan fingerprint density at radius 3 is 2.74 bits per heavy atom. The van der Waals surface area contributed by atoms with Gasteiger partial charge >= 0.3 is 0 Å². The van der Waals surface area contributed by atoms with Crippen LogP contribution < -0.4 is 4.74 Å². The summed E-state index contributed by atoms with van der Waals surface area (Å²) >= 11 is 14.4. The van der Waals surface area contributed by atoms with Gasteiger partial charge in [0.2, 0.25) is 10.4 Å². The van der Waals surface area contributed by atoms with E-state index in [0.29, 0.717) is 0 Å². The Labute approximate surface area is 124 Å². The first kappa shape index (κ1) is 13.9. The number of ether oxygens (including phenoxy) is 1. The van der Waals surface area contributed by atoms with Gasteiger partial charge in [0, 0.05) is 6.07 Å². The molecule has 0 spiro atoms. The van der Waals surface area contributed by atoms with Crippen LogP contribution in [0.3, 0.4) is 0 Å². The molecule has 0 fully saturated rings. The van der Waals surface area contributed by atoms with E-state index in [-0.39, 0.29) is 32.2 Å². The van der Waals surface area contributed by atoms with Gasteiger partial charge in [-0.2, -0.15) is 4.98 Å². The average molecular weight is 366 g/mol. The molecule has 98 valence electrons. The topological polar surface area (TPSA) is 91.0 Å². The van der Waals surface area contributed by atoms with Crippen LogP contribution in [0.15, 0.2) is 22.7 Å². The maximum Gasteiger partial charge on any atom is 0.287 e. The fourth-order valence-corrected chi connectivity index (χ4v) is 1.89. The molecule has 0 N–H and O–H groups in total. The minimum absolute atomic E-state index is 0.0946. The second kappa shape index (κ2) is 5.64. The maximum absolute atomic E-state index is 10.8. The zero-order valence-electron chi connectivity index (χ0n) is 8.88. The van der Waals surface area contributed by atoms with Crippen LogP contribution in [0.4, 0.5) is 5.69 Å². The van der Waals surface area contributed by atoms with Gasteiger partial charge in [0.15, 0.2) is 5.75 Å². The number of hydrogen-bond donors (Lipinski definition) is 0. The molecule has 0 bridgehead atoms. The fourth-order valence-electron chi connectivity index (χ4n) is 1.17. The van der Waals surface area contributed by atoms with Gasteiger partial charge in [0.1, 0.15) is 4.47 Å². The predicted molar refractivity (Wildman–Crippen MR) is 70.7 cm³/mol. The van der Waals surface area contributed by atoms with Crippen molar-refractivity contribution in [3.63, 3.8) is 0 Å². The van der Waals surface area contributed by atoms with E-state index in [1.165, 1.54) is 18.2 Å². The molecule has 0 saturated carbocycles. The van der Waals surface area contributed by atoms with Gasteiger partial charge in [0.25, 0.3) is 11.6 Å². The van der Waals surface area contributed by atoms with Gasteiger partial charge in [0.05, 0.1) is 4.92 Å². The second-order valence-corrected chi connectivity index (χ2v) is 4.61. The summed E-state index contributed by atoms with van der Waals surface area (Å²) in [5.41, 5.74) is -0.151. The zero-order chi connectivity index (χ0) is 14.0. The van der Waals surface area contributed by atoms with Crippen molar-refractivity contribution in [2.24, 2.45) is 0 Å². The Morgan fingerprint density at radius 2 is 2.05 bits per heavy atom. The Bertz CT molecular complexity index is 655. The molecule has 0 unspecified atom stereocenters. The van der Waals surface area contributed by atoms with E-state index in [0.717, 1.165) is 0 Å². The number of rotatable bonds is 3. The molecule has 7 nitrogen and oxygen atoms in total. The second-order valence-electron chi connectivity index (χ2n) is 3.13. The quantitative estimate of drug-likeness (QED) is 0.609. The molecule has 1 heterocycles. The smallest absolute Gasteiger partial charge is 0.287 e. The molecule has 0 aliphatic rings. The highest BCUT2D eigenvalue weighted by Crippen LogP contribution is 2.37. The lowest BCUT2D eigenvalue weighted by atomic mass is 10.3. The average Bonchev–Trinajstić information content (AvgIpc) is 2.36. The molecule has 0 atom stereocenters. The minimum atomic E-state index is -0.552. The largest absolute Gasteiger partial charge is 0.435 e. The summed E-state index contributed by atoms with van der Waals surface area (Å²) in [7, 11) is 0. The third-order valence-corrected chi connectivity index (χ3v) is 3.13. The molecule has 2 aromatic rings. The van der Waals surface area contributed by atoms with Crippen molar-refractivity contribution in [2.45, 2.75) is 0 Å². The molecule has 0 amide bonds. The standard InChI is InChI=1S/C9H3BrCl2N4O3/c10-6-4(16(17)18)2-1-3-5(6)19-8-7(11)14-15-9(12)13-8/h1-3H. The first-order chi connectivity index (χ1) is 8.99. The molecule has 0 saturated heterocycles. The van der Waals surface area contributed by atoms with E-state index in [1.54, 1.807) is 0 Å². The summed E-state index contributed by atoms with van der Waals surface area (Å²) in [5.74, 6) is 0.0653. The van der Waals surface area contributed by atoms with Gasteiger partial charge in [-0.3, -0.25) is 10.1 Å². The van der Waals surface area contributed by atoms with E-state index in [9.17, 15) is 10.1 Å². The molecular weight excluding hydrogens is 363 g/mol. The van der Waals surface area contributed by atoms with E-state index in [1.807, 2.05) is 0 Å². The van der Waals surface area contributed by atoms with Crippen molar-refractivity contribution in [1.82, 2.24) is 15.2 Å². The van der Waals surface area contributed by atoms with E-state index >= 15 is 0 Å². The molecule has 0 aliphatic carbocycles. The number of benzene rings is 1. The maximum atomic E-state index is 10.8. The van der Waals surface area contributed by atoms with Crippen molar-refractivity contribution in [3.05, 3.63) is 43.2 Å². The summed E-state index contributed by atoms with van der Waals surface area (Å²) in [4.78, 5) is 14.0. The molecule has 0 radical (unpaired) electrons. The zero-order valence-corrected chi connectivity index (χ0v) is 12.0. The molecular formula is C9H3BrCl2N4O3. The molecule has 0 aliphatic heterocycles. The monoisotopic (exact) mass is 364 g/mol. The lowest BCUT2D eigenvalue weighted by Gasteiger charge is -2.07. The number of nitrogens with zero attached hydrogens (tertiary/aromatic N) is 4. The van der Waals surface area contributed by atoms with Gasteiger partial charge in [-0.1, -0.05) is 17.7 Å². The van der Waals surface area contributed by atoms with E-state index in [2.05, 4.69) is 31.1 Å². The van der Waals surface area contributed by atoms with Crippen LogP contribution in [0.25, 0.3) is 0 Å². The van der Waals surface area contributed by atoms with Crippen LogP contribution in [0.1, 0.15) is 0 Å². The summed E-state index contributed by atoms with van der Waals surface area (Å²) in [6, 6.07) is 4.29. The van der Waals surface area contributed by atoms with Crippen LogP contribution in [-0.4, -0.2) is 20.1 Å². The van der Waals surface area contributed by atoms with Crippen LogP contribution >= 0.6 is 39.1 Å². The number of nitro groups is 1. The highest BCUT2D eigenvalue weighted by molar-refractivity contribution is 9.10. The summed E-state index contributed by atoms with van der Waals surface area (Å²) < 4.78 is 5.49. The molecule has 10 heteroatoms. The van der Waals surface area contributed by atoms with E-state index < -0.39 is 4.92 Å². The van der Waals surface area contributed by atoms with E-state index in [4.69, 9.17) is 27.9 Å². The number of nitro benzene ring substituents is 1. The van der Waals surface area contributed by atoms with Crippen molar-refractivity contribution in [3.8, 4) is 11.6 Å². The van der Waals surface area contributed by atoms with Gasteiger partial charge in [-0.05, 0) is 33.6 Å². The van der Waals surface area contributed by atoms with Crippen molar-refractivity contribution >= 4 is 44.8 Å². The first-order valence-corrected chi connectivity index (χ1v) is 6.20. The Morgan fingerprint density at radius 1 is 1.32 bits per heavy atom. The summed E-state index contributed by atoms with van der Waals surface area (Å²) in [6.45, 7) is 0. The molecule has 1 aromatic heterocycles. The van der Waals surface area contributed by atoms with Crippen molar-refractivity contribution in [2.75, 3.05) is 0 Å². The third kappa shape index (κ3) is 3.09. The summed E-state index contributed by atoms with van der Waals surface area (Å²) in [5, 5.41) is 17.5. The van der Waals surface area contributed by atoms with Crippen LogP contribution in [0, 0.1) is 10.1 Å². The lowest BCUT2D eigenvalue weighted by Crippen LogP contribution is -1.96. The normalized spacial score (nSPS) is 10.3. The van der Waals surface area contributed by atoms with Gasteiger partial charge < -0.3 is 4.74 Å².